The van der Waals surface area contributed by atoms with Crippen molar-refractivity contribution in [2.45, 2.75) is 32.3 Å². The zero-order valence-corrected chi connectivity index (χ0v) is 9.18. The normalized spacial score (nSPS) is 12.3. The Hall–Kier alpha value is -1.33. The first-order chi connectivity index (χ1) is 7.72. The summed E-state index contributed by atoms with van der Waals surface area (Å²) < 4.78 is 65.8. The van der Waals surface area contributed by atoms with E-state index in [4.69, 9.17) is 0 Å². The molecule has 0 saturated carbocycles. The molecule has 1 aromatic carbocycles. The van der Waals surface area contributed by atoms with Crippen LogP contribution in [-0.2, 0) is 0 Å². The van der Waals surface area contributed by atoms with Crippen LogP contribution in [0.4, 0.5) is 22.0 Å². The maximum atomic E-state index is 13.1. The summed E-state index contributed by atoms with van der Waals surface area (Å²) in [6, 6.07) is 2.89. The highest BCUT2D eigenvalue weighted by molar-refractivity contribution is 5.31. The molecule has 0 amide bonds. The first kappa shape index (κ1) is 13.7. The lowest BCUT2D eigenvalue weighted by Gasteiger charge is -2.18. The second kappa shape index (κ2) is 4.89. The highest BCUT2D eigenvalue weighted by atomic mass is 19.3. The predicted molar refractivity (Wildman–Crippen MR) is 52.1 cm³/mol. The SMILES string of the molecule is CC(C)c1cc(F)cc(OC(F)(F)C(F)F)c1. The molecule has 96 valence electrons. The van der Waals surface area contributed by atoms with Gasteiger partial charge in [-0.2, -0.15) is 17.6 Å². The van der Waals surface area contributed by atoms with Crippen molar-refractivity contribution >= 4 is 0 Å². The van der Waals surface area contributed by atoms with Gasteiger partial charge in [0.15, 0.2) is 0 Å². The molecule has 0 atom stereocenters. The van der Waals surface area contributed by atoms with Gasteiger partial charge in [0.1, 0.15) is 11.6 Å². The van der Waals surface area contributed by atoms with Gasteiger partial charge in [-0.1, -0.05) is 13.8 Å². The third-order valence-electron chi connectivity index (χ3n) is 2.07. The molecule has 1 nitrogen and oxygen atoms in total. The van der Waals surface area contributed by atoms with Crippen molar-refractivity contribution in [3.63, 3.8) is 0 Å². The van der Waals surface area contributed by atoms with Gasteiger partial charge in [0, 0.05) is 6.07 Å². The Bertz CT molecular complexity index is 389. The van der Waals surface area contributed by atoms with E-state index < -0.39 is 24.1 Å². The molecule has 0 N–H and O–H groups in total. The lowest BCUT2D eigenvalue weighted by Crippen LogP contribution is -2.33. The van der Waals surface area contributed by atoms with Crippen LogP contribution in [0, 0.1) is 5.82 Å². The third kappa shape index (κ3) is 3.57. The predicted octanol–water partition coefficient (Wildman–Crippen LogP) is 4.19. The quantitative estimate of drug-likeness (QED) is 0.732. The number of benzene rings is 1. The molecule has 1 aromatic rings. The first-order valence-electron chi connectivity index (χ1n) is 4.88. The summed E-state index contributed by atoms with van der Waals surface area (Å²) in [6.45, 7) is 3.42. The monoisotopic (exact) mass is 254 g/mol. The fraction of sp³-hybridized carbons (Fsp3) is 0.455. The van der Waals surface area contributed by atoms with Crippen molar-refractivity contribution in [3.05, 3.63) is 29.6 Å². The van der Waals surface area contributed by atoms with Gasteiger partial charge in [0.05, 0.1) is 0 Å². The van der Waals surface area contributed by atoms with Crippen LogP contribution >= 0.6 is 0 Å². The summed E-state index contributed by atoms with van der Waals surface area (Å²) in [7, 11) is 0. The molecule has 1 rings (SSSR count). The molecule has 0 aliphatic carbocycles. The molecule has 0 aliphatic rings. The van der Waals surface area contributed by atoms with Crippen molar-refractivity contribution in [2.24, 2.45) is 0 Å². The molecule has 0 fully saturated rings. The number of hydrogen-bond donors (Lipinski definition) is 0. The number of rotatable bonds is 4. The molecule has 0 aliphatic heterocycles. The van der Waals surface area contributed by atoms with Crippen molar-refractivity contribution < 1.29 is 26.7 Å². The van der Waals surface area contributed by atoms with Gasteiger partial charge in [-0.25, -0.2) is 4.39 Å². The van der Waals surface area contributed by atoms with Gasteiger partial charge in [-0.15, -0.1) is 0 Å². The van der Waals surface area contributed by atoms with Crippen molar-refractivity contribution in [1.29, 1.82) is 0 Å². The minimum absolute atomic E-state index is 0.131. The van der Waals surface area contributed by atoms with Crippen LogP contribution in [0.1, 0.15) is 25.3 Å². The van der Waals surface area contributed by atoms with Gasteiger partial charge >= 0.3 is 12.5 Å². The fourth-order valence-electron chi connectivity index (χ4n) is 1.18. The molecule has 17 heavy (non-hydrogen) atoms. The summed E-state index contributed by atoms with van der Waals surface area (Å²) in [6.07, 6.45) is -8.59. The van der Waals surface area contributed by atoms with Gasteiger partial charge in [-0.3, -0.25) is 0 Å². The highest BCUT2D eigenvalue weighted by Crippen LogP contribution is 2.30. The van der Waals surface area contributed by atoms with Gasteiger partial charge in [-0.05, 0) is 23.6 Å². The molecular weight excluding hydrogens is 243 g/mol. The number of ether oxygens (including phenoxy) is 1. The highest BCUT2D eigenvalue weighted by Gasteiger charge is 2.44. The number of hydrogen-bond acceptors (Lipinski definition) is 1. The molecule has 0 radical (unpaired) electrons. The zero-order chi connectivity index (χ0) is 13.2. The van der Waals surface area contributed by atoms with E-state index in [0.29, 0.717) is 11.6 Å². The van der Waals surface area contributed by atoms with Gasteiger partial charge in [0.25, 0.3) is 0 Å². The van der Waals surface area contributed by atoms with Crippen LogP contribution in [0.25, 0.3) is 0 Å². The average molecular weight is 254 g/mol. The van der Waals surface area contributed by atoms with Crippen LogP contribution in [0.5, 0.6) is 5.75 Å². The largest absolute Gasteiger partial charge is 0.461 e. The molecule has 6 heteroatoms. The molecular formula is C11H11F5O. The Morgan fingerprint density at radius 3 is 2.18 bits per heavy atom. The third-order valence-corrected chi connectivity index (χ3v) is 2.07. The van der Waals surface area contributed by atoms with Gasteiger partial charge in [0.2, 0.25) is 0 Å². The van der Waals surface area contributed by atoms with Gasteiger partial charge < -0.3 is 4.74 Å². The lowest BCUT2D eigenvalue weighted by molar-refractivity contribution is -0.253. The Kier molecular flexibility index (Phi) is 3.95. The Balaban J connectivity index is 2.99. The summed E-state index contributed by atoms with van der Waals surface area (Å²) >= 11 is 0. The maximum Gasteiger partial charge on any atom is 0.461 e. The smallest absolute Gasteiger partial charge is 0.428 e. The van der Waals surface area contributed by atoms with Crippen molar-refractivity contribution in [2.75, 3.05) is 0 Å². The maximum absolute atomic E-state index is 13.1. The second-order valence-corrected chi connectivity index (χ2v) is 3.84. The molecule has 0 spiro atoms. The Morgan fingerprint density at radius 2 is 1.71 bits per heavy atom. The van der Waals surface area contributed by atoms with E-state index in [9.17, 15) is 22.0 Å². The minimum atomic E-state index is -4.62. The number of alkyl halides is 4. The van der Waals surface area contributed by atoms with Crippen LogP contribution < -0.4 is 4.74 Å². The summed E-state index contributed by atoms with van der Waals surface area (Å²) in [4.78, 5) is 0. The van der Waals surface area contributed by atoms with Crippen LogP contribution in [0.3, 0.4) is 0 Å². The first-order valence-corrected chi connectivity index (χ1v) is 4.88. The standard InChI is InChI=1S/C11H11F5O/c1-6(2)7-3-8(12)5-9(4-7)17-11(15,16)10(13)14/h3-6,10H,1-2H3. The average Bonchev–Trinajstić information content (AvgIpc) is 2.15. The van der Waals surface area contributed by atoms with E-state index in [1.54, 1.807) is 13.8 Å². The molecule has 0 unspecified atom stereocenters. The summed E-state index contributed by atoms with van der Waals surface area (Å²) in [5.74, 6) is -1.55. The summed E-state index contributed by atoms with van der Waals surface area (Å²) in [5.41, 5.74) is 0.394. The van der Waals surface area contributed by atoms with Crippen LogP contribution in [0.2, 0.25) is 0 Å². The molecule has 0 aromatic heterocycles. The van der Waals surface area contributed by atoms with Crippen molar-refractivity contribution in [1.82, 2.24) is 0 Å². The van der Waals surface area contributed by atoms with E-state index in [1.165, 1.54) is 0 Å². The minimum Gasteiger partial charge on any atom is -0.428 e. The van der Waals surface area contributed by atoms with Crippen LogP contribution in [0.15, 0.2) is 18.2 Å². The molecule has 0 bridgehead atoms. The van der Waals surface area contributed by atoms with E-state index in [-0.39, 0.29) is 5.92 Å². The van der Waals surface area contributed by atoms with Crippen molar-refractivity contribution in [3.8, 4) is 5.75 Å². The molecule has 0 heterocycles. The Labute approximate surface area is 95.2 Å². The zero-order valence-electron chi connectivity index (χ0n) is 9.18. The second-order valence-electron chi connectivity index (χ2n) is 3.84. The fourth-order valence-corrected chi connectivity index (χ4v) is 1.18. The van der Waals surface area contributed by atoms with E-state index in [1.807, 2.05) is 0 Å². The van der Waals surface area contributed by atoms with E-state index in [0.717, 1.165) is 12.1 Å². The summed E-state index contributed by atoms with van der Waals surface area (Å²) in [5, 5.41) is 0. The van der Waals surface area contributed by atoms with Crippen LogP contribution in [-0.4, -0.2) is 12.5 Å². The lowest BCUT2D eigenvalue weighted by atomic mass is 10.0. The Morgan fingerprint density at radius 1 is 1.12 bits per heavy atom. The number of halogens is 5. The topological polar surface area (TPSA) is 9.23 Å². The molecule has 0 saturated heterocycles. The van der Waals surface area contributed by atoms with E-state index in [2.05, 4.69) is 4.74 Å². The van der Waals surface area contributed by atoms with E-state index >= 15 is 0 Å².